The summed E-state index contributed by atoms with van der Waals surface area (Å²) in [6.07, 6.45) is 5.08. The number of unbranched alkanes of at least 4 members (excludes halogenated alkanes) is 1. The van der Waals surface area contributed by atoms with E-state index in [0.29, 0.717) is 36.7 Å². The van der Waals surface area contributed by atoms with Gasteiger partial charge in [0.2, 0.25) is 0 Å². The zero-order chi connectivity index (χ0) is 25.4. The number of urea groups is 1. The summed E-state index contributed by atoms with van der Waals surface area (Å²) in [7, 11) is 0. The first-order chi connectivity index (χ1) is 17.4. The number of carbonyl (C=O) groups excluding carboxylic acids is 3. The molecule has 0 radical (unpaired) electrons. The van der Waals surface area contributed by atoms with Crippen molar-refractivity contribution < 1.29 is 14.4 Å². The number of imide groups is 1. The summed E-state index contributed by atoms with van der Waals surface area (Å²) in [4.78, 5) is 46.7. The Labute approximate surface area is 211 Å². The van der Waals surface area contributed by atoms with E-state index in [2.05, 4.69) is 30.2 Å². The average Bonchev–Trinajstić information content (AvgIpc) is 3.37. The van der Waals surface area contributed by atoms with Gasteiger partial charge in [0, 0.05) is 29.6 Å². The second kappa shape index (κ2) is 9.45. The smallest absolute Gasteiger partial charge is 0.332 e. The molecule has 2 aliphatic rings. The molecule has 36 heavy (non-hydrogen) atoms. The topological polar surface area (TPSA) is 85.5 Å². The molecular formula is C29H34N4O3. The highest BCUT2D eigenvalue weighted by molar-refractivity contribution is 6.24. The second-order valence-corrected chi connectivity index (χ2v) is 10.1. The minimum absolute atomic E-state index is 0.187. The summed E-state index contributed by atoms with van der Waals surface area (Å²) in [6, 6.07) is 14.5. The fraction of sp³-hybridized carbons (Fsp3) is 0.414. The lowest BCUT2D eigenvalue weighted by Crippen LogP contribution is -2.49. The molecule has 0 bridgehead atoms. The van der Waals surface area contributed by atoms with Crippen LogP contribution in [-0.2, 0) is 16.8 Å². The molecule has 0 spiro atoms. The van der Waals surface area contributed by atoms with Gasteiger partial charge in [-0.2, -0.15) is 0 Å². The van der Waals surface area contributed by atoms with Gasteiger partial charge in [-0.25, -0.2) is 9.69 Å². The van der Waals surface area contributed by atoms with Gasteiger partial charge in [-0.15, -0.1) is 0 Å². The first-order valence-corrected chi connectivity index (χ1v) is 13.0. The maximum atomic E-state index is 13.9. The number of anilines is 1. The zero-order valence-corrected chi connectivity index (χ0v) is 21.3. The van der Waals surface area contributed by atoms with E-state index in [1.165, 1.54) is 4.90 Å². The Morgan fingerprint density at radius 1 is 1.14 bits per heavy atom. The highest BCUT2D eigenvalue weighted by Gasteiger charge is 2.59. The lowest BCUT2D eigenvalue weighted by molar-refractivity contribution is -0.125. The third kappa shape index (κ3) is 3.77. The number of hydrogen-bond donors (Lipinski definition) is 2. The quantitative estimate of drug-likeness (QED) is 0.421. The monoisotopic (exact) mass is 486 g/mol. The van der Waals surface area contributed by atoms with Crippen molar-refractivity contribution in [3.05, 3.63) is 65.4 Å². The molecular weight excluding hydrogens is 452 g/mol. The van der Waals surface area contributed by atoms with Crippen LogP contribution in [0.2, 0.25) is 0 Å². The van der Waals surface area contributed by atoms with Crippen LogP contribution in [0.25, 0.3) is 10.9 Å². The molecule has 3 aromatic rings. The lowest BCUT2D eigenvalue weighted by Gasteiger charge is -2.35. The number of hydrogen-bond acceptors (Lipinski definition) is 3. The van der Waals surface area contributed by atoms with Gasteiger partial charge in [0.1, 0.15) is 0 Å². The summed E-state index contributed by atoms with van der Waals surface area (Å²) >= 11 is 0. The molecule has 1 aromatic heterocycles. The van der Waals surface area contributed by atoms with Crippen LogP contribution in [0.5, 0.6) is 0 Å². The van der Waals surface area contributed by atoms with Crippen LogP contribution < -0.4 is 10.2 Å². The van der Waals surface area contributed by atoms with E-state index in [4.69, 9.17) is 0 Å². The van der Waals surface area contributed by atoms with Crippen LogP contribution in [-0.4, -0.2) is 40.8 Å². The predicted octanol–water partition coefficient (Wildman–Crippen LogP) is 5.35. The molecule has 2 N–H and O–H groups in total. The number of H-pyrrole nitrogens is 1. The first-order valence-electron chi connectivity index (χ1n) is 13.0. The van der Waals surface area contributed by atoms with Crippen molar-refractivity contribution in [2.75, 3.05) is 18.0 Å². The van der Waals surface area contributed by atoms with E-state index < -0.39 is 5.54 Å². The molecule has 1 fully saturated rings. The number of nitrogens with one attached hydrogen (secondary N) is 2. The third-order valence-corrected chi connectivity index (χ3v) is 7.93. The van der Waals surface area contributed by atoms with Gasteiger partial charge >= 0.3 is 6.03 Å². The normalized spacial score (nSPS) is 20.0. The molecule has 2 aromatic carbocycles. The van der Waals surface area contributed by atoms with Crippen molar-refractivity contribution in [1.82, 2.24) is 15.2 Å². The van der Waals surface area contributed by atoms with Crippen LogP contribution in [0.3, 0.4) is 0 Å². The number of aromatic amines is 1. The average molecular weight is 487 g/mol. The summed E-state index contributed by atoms with van der Waals surface area (Å²) in [5.74, 6) is -0.0453. The van der Waals surface area contributed by atoms with E-state index in [9.17, 15) is 14.4 Å². The first kappa shape index (κ1) is 24.1. The highest BCUT2D eigenvalue weighted by Crippen LogP contribution is 2.45. The molecule has 7 nitrogen and oxygen atoms in total. The van der Waals surface area contributed by atoms with Gasteiger partial charge in [0.05, 0.1) is 11.4 Å². The molecule has 2 atom stereocenters. The second-order valence-electron chi connectivity index (χ2n) is 10.1. The Balaban J connectivity index is 1.41. The van der Waals surface area contributed by atoms with Crippen LogP contribution in [0.4, 0.5) is 10.5 Å². The Kier molecular flexibility index (Phi) is 6.33. The summed E-state index contributed by atoms with van der Waals surface area (Å²) in [5.41, 5.74) is 2.59. The van der Waals surface area contributed by atoms with E-state index in [1.807, 2.05) is 25.1 Å². The number of benzene rings is 2. The Bertz CT molecular complexity index is 1330. The molecule has 7 heteroatoms. The Morgan fingerprint density at radius 2 is 1.94 bits per heavy atom. The van der Waals surface area contributed by atoms with E-state index in [1.54, 1.807) is 29.2 Å². The fourth-order valence-corrected chi connectivity index (χ4v) is 5.69. The van der Waals surface area contributed by atoms with E-state index in [0.717, 1.165) is 47.8 Å². The number of amides is 4. The van der Waals surface area contributed by atoms with E-state index >= 15 is 0 Å². The summed E-state index contributed by atoms with van der Waals surface area (Å²) in [5, 5.41) is 4.13. The van der Waals surface area contributed by atoms with Crippen LogP contribution in [0.15, 0.2) is 48.5 Å². The molecule has 3 heterocycles. The molecule has 0 aliphatic carbocycles. The molecule has 1 unspecified atom stereocenters. The minimum atomic E-state index is -1.12. The molecule has 1 saturated heterocycles. The van der Waals surface area contributed by atoms with Gasteiger partial charge in [-0.3, -0.25) is 9.59 Å². The molecule has 5 rings (SSSR count). The SMILES string of the molecule is CCCCC(CC)CNC(=O)c1cccc(N2C(=O)N3CCc4c([nH]c5ccccc45)[C@@]3(C)C2=O)c1. The Hall–Kier alpha value is -3.61. The Morgan fingerprint density at radius 3 is 2.72 bits per heavy atom. The number of aromatic nitrogens is 1. The maximum absolute atomic E-state index is 13.9. The van der Waals surface area contributed by atoms with Gasteiger partial charge in [-0.05, 0) is 55.5 Å². The molecule has 188 valence electrons. The van der Waals surface area contributed by atoms with Crippen molar-refractivity contribution in [3.8, 4) is 0 Å². The largest absolute Gasteiger partial charge is 0.356 e. The molecule has 4 amide bonds. The third-order valence-electron chi connectivity index (χ3n) is 7.93. The summed E-state index contributed by atoms with van der Waals surface area (Å²) in [6.45, 7) is 7.21. The van der Waals surface area contributed by atoms with Gasteiger partial charge in [0.25, 0.3) is 11.8 Å². The fourth-order valence-electron chi connectivity index (χ4n) is 5.69. The number of fused-ring (bicyclic) bond motifs is 5. The number of nitrogens with zero attached hydrogens (tertiary/aromatic N) is 2. The van der Waals surface area contributed by atoms with Crippen molar-refractivity contribution in [2.24, 2.45) is 5.92 Å². The van der Waals surface area contributed by atoms with Crippen LogP contribution in [0.1, 0.15) is 68.1 Å². The number of para-hydroxylation sites is 1. The van der Waals surface area contributed by atoms with Crippen molar-refractivity contribution in [2.45, 2.75) is 58.4 Å². The predicted molar refractivity (Wildman–Crippen MR) is 141 cm³/mol. The minimum Gasteiger partial charge on any atom is -0.356 e. The standard InChI is InChI=1S/C29H34N4O3/c1-4-6-10-19(5-2)18-30-26(34)20-11-9-12-21(17-20)33-27(35)29(3)25-23(15-16-32(29)28(33)36)22-13-7-8-14-24(22)31-25/h7-9,11-14,17,19,31H,4-6,10,15-16,18H2,1-3H3,(H,30,34)/t19?,29-/m0/s1. The van der Waals surface area contributed by atoms with Crippen LogP contribution in [0, 0.1) is 5.92 Å². The number of carbonyl (C=O) groups is 3. The zero-order valence-electron chi connectivity index (χ0n) is 21.3. The van der Waals surface area contributed by atoms with Crippen LogP contribution >= 0.6 is 0 Å². The van der Waals surface area contributed by atoms with Crippen molar-refractivity contribution >= 4 is 34.4 Å². The van der Waals surface area contributed by atoms with Gasteiger partial charge < -0.3 is 15.2 Å². The van der Waals surface area contributed by atoms with Crippen molar-refractivity contribution in [1.29, 1.82) is 0 Å². The highest BCUT2D eigenvalue weighted by atomic mass is 16.2. The lowest BCUT2D eigenvalue weighted by atomic mass is 9.87. The van der Waals surface area contributed by atoms with E-state index in [-0.39, 0.29) is 17.8 Å². The summed E-state index contributed by atoms with van der Waals surface area (Å²) < 4.78 is 0. The number of rotatable bonds is 8. The molecule has 2 aliphatic heterocycles. The van der Waals surface area contributed by atoms with Gasteiger partial charge in [0.15, 0.2) is 5.54 Å². The molecule has 0 saturated carbocycles. The van der Waals surface area contributed by atoms with Crippen molar-refractivity contribution in [3.63, 3.8) is 0 Å². The van der Waals surface area contributed by atoms with Gasteiger partial charge in [-0.1, -0.05) is 57.4 Å². The maximum Gasteiger partial charge on any atom is 0.332 e.